The van der Waals surface area contributed by atoms with Gasteiger partial charge in [-0.25, -0.2) is 6.08 Å². The molecule has 0 bridgehead atoms. The second-order valence-corrected chi connectivity index (χ2v) is 1.63. The molecule has 0 aromatic rings. The molecule has 0 N–H and O–H groups in total. The summed E-state index contributed by atoms with van der Waals surface area (Å²) in [4.78, 5) is 0. The molecule has 1 aliphatic rings. The molecule has 11 heavy (non-hydrogen) atoms. The van der Waals surface area contributed by atoms with Crippen molar-refractivity contribution in [2.75, 3.05) is 0 Å². The van der Waals surface area contributed by atoms with Crippen molar-refractivity contribution in [1.82, 2.24) is 0 Å². The monoisotopic (exact) mass is 332 g/mol. The van der Waals surface area contributed by atoms with Crippen LogP contribution < -0.4 is 0 Å². The molecule has 1 unspecified atom stereocenters. The van der Waals surface area contributed by atoms with E-state index in [1.165, 1.54) is 0 Å². The largest absolute Gasteiger partial charge is 0.346 e. The predicted octanol–water partition coefficient (Wildman–Crippen LogP) is 3.22. The molecule has 0 saturated heterocycles. The molecule has 1 atom stereocenters. The number of rotatable bonds is 0. The molecule has 0 aliphatic heterocycles. The van der Waals surface area contributed by atoms with Crippen LogP contribution >= 0.6 is 0 Å². The van der Waals surface area contributed by atoms with Gasteiger partial charge in [0.25, 0.3) is 0 Å². The Kier molecular flexibility index (Phi) is 26.3. The average Bonchev–Trinajstić information content (AvgIpc) is 2.48. The topological polar surface area (TPSA) is 0 Å². The van der Waals surface area contributed by atoms with Gasteiger partial charge in [0.15, 0.2) is 0 Å². The first kappa shape index (κ1) is 17.3. The number of hydrogen-bond acceptors (Lipinski definition) is 0. The van der Waals surface area contributed by atoms with Gasteiger partial charge in [0, 0.05) is 21.1 Å². The van der Waals surface area contributed by atoms with Crippen LogP contribution in [0.2, 0.25) is 0 Å². The summed E-state index contributed by atoms with van der Waals surface area (Å²) in [6, 6.07) is 0. The first-order chi connectivity index (χ1) is 4.89. The van der Waals surface area contributed by atoms with Gasteiger partial charge in [-0.2, -0.15) is 19.9 Å². The Morgan fingerprint density at radius 2 is 1.82 bits per heavy atom. The van der Waals surface area contributed by atoms with Crippen LogP contribution in [0.25, 0.3) is 0 Å². The van der Waals surface area contributed by atoms with Crippen molar-refractivity contribution in [1.29, 1.82) is 0 Å². The third-order valence-corrected chi connectivity index (χ3v) is 0.903. The molecule has 0 fully saturated rings. The van der Waals surface area contributed by atoms with Crippen molar-refractivity contribution in [2.24, 2.45) is 5.92 Å². The van der Waals surface area contributed by atoms with E-state index in [9.17, 15) is 0 Å². The molecule has 0 heterocycles. The fourth-order valence-electron chi connectivity index (χ4n) is 0.496. The third-order valence-electron chi connectivity index (χ3n) is 0.903. The Labute approximate surface area is 86.0 Å². The molecule has 0 saturated carbocycles. The van der Waals surface area contributed by atoms with Crippen LogP contribution in [0, 0.1) is 25.8 Å². The van der Waals surface area contributed by atoms with E-state index in [-0.39, 0.29) is 21.1 Å². The Hall–Kier alpha value is 0.208. The minimum absolute atomic E-state index is 0. The Morgan fingerprint density at radius 1 is 1.36 bits per heavy atom. The van der Waals surface area contributed by atoms with Gasteiger partial charge in [-0.1, -0.05) is 6.92 Å². The summed E-state index contributed by atoms with van der Waals surface area (Å²) in [6.07, 6.45) is 6.17. The normalized spacial score (nSPS) is 17.0. The number of hydrogen-bond donors (Lipinski definition) is 0. The minimum Gasteiger partial charge on any atom is -0.346 e. The van der Waals surface area contributed by atoms with Crippen molar-refractivity contribution in [3.63, 3.8) is 0 Å². The van der Waals surface area contributed by atoms with E-state index in [2.05, 4.69) is 32.6 Å². The molecule has 0 spiro atoms. The van der Waals surface area contributed by atoms with E-state index in [0.717, 1.165) is 6.42 Å². The molecule has 1 rings (SSSR count). The van der Waals surface area contributed by atoms with E-state index in [0.29, 0.717) is 5.92 Å². The third kappa shape index (κ3) is 13.2. The number of allylic oxidation sites excluding steroid dienone is 1. The SMILES string of the molecule is CC1[C-]=C=CC1.[CH2-]C.[CH2-]C.[Pt]. The van der Waals surface area contributed by atoms with Gasteiger partial charge >= 0.3 is 0 Å². The first-order valence-electron chi connectivity index (χ1n) is 3.64. The molecule has 0 aromatic heterocycles. The summed E-state index contributed by atoms with van der Waals surface area (Å²) in [5.74, 6) is 0.630. The molecule has 1 aliphatic carbocycles. The van der Waals surface area contributed by atoms with Crippen molar-refractivity contribution >= 4 is 0 Å². The predicted molar refractivity (Wildman–Crippen MR) is 47.2 cm³/mol. The summed E-state index contributed by atoms with van der Waals surface area (Å²) in [6.45, 7) is 12.1. The van der Waals surface area contributed by atoms with Crippen LogP contribution in [0.3, 0.4) is 0 Å². The molecule has 0 aromatic carbocycles. The summed E-state index contributed by atoms with van der Waals surface area (Å²) in [5.41, 5.74) is 2.90. The molecule has 70 valence electrons. The van der Waals surface area contributed by atoms with Crippen molar-refractivity contribution in [3.05, 3.63) is 31.7 Å². The van der Waals surface area contributed by atoms with Crippen LogP contribution in [0.15, 0.2) is 11.8 Å². The van der Waals surface area contributed by atoms with Crippen molar-refractivity contribution in [3.8, 4) is 0 Å². The standard InChI is InChI=1S/C6H7.2C2H5.Pt/c1-6-4-2-3-5-6;2*1-2;/h2,6H,4H2,1H3;2*1H2,2H3;/q3*-1;. The van der Waals surface area contributed by atoms with E-state index < -0.39 is 0 Å². The summed E-state index contributed by atoms with van der Waals surface area (Å²) in [7, 11) is 0. The van der Waals surface area contributed by atoms with Gasteiger partial charge in [0.1, 0.15) is 0 Å². The van der Waals surface area contributed by atoms with E-state index in [4.69, 9.17) is 0 Å². The van der Waals surface area contributed by atoms with Crippen LogP contribution in [-0.2, 0) is 21.1 Å². The van der Waals surface area contributed by atoms with Gasteiger partial charge in [-0.05, 0) is 0 Å². The van der Waals surface area contributed by atoms with Crippen LogP contribution in [0.4, 0.5) is 0 Å². The molecule has 0 amide bonds. The van der Waals surface area contributed by atoms with Crippen molar-refractivity contribution < 1.29 is 21.1 Å². The minimum atomic E-state index is 0. The molecule has 1 heteroatoms. The van der Waals surface area contributed by atoms with Gasteiger partial charge in [0.05, 0.1) is 0 Å². The zero-order valence-corrected chi connectivity index (χ0v) is 9.86. The first-order valence-corrected chi connectivity index (χ1v) is 3.64. The van der Waals surface area contributed by atoms with Gasteiger partial charge < -0.3 is 19.6 Å². The maximum absolute atomic E-state index is 3.25. The zero-order valence-electron chi connectivity index (χ0n) is 7.59. The Morgan fingerprint density at radius 3 is 1.91 bits per heavy atom. The molecule has 0 nitrogen and oxygen atoms in total. The Bertz CT molecular complexity index is 99.4. The maximum atomic E-state index is 3.25. The van der Waals surface area contributed by atoms with Crippen LogP contribution in [0.5, 0.6) is 0 Å². The molecular formula is C10H17Pt-3. The fraction of sp³-hybridized carbons (Fsp3) is 0.500. The van der Waals surface area contributed by atoms with Gasteiger partial charge in [-0.15, -0.1) is 12.3 Å². The van der Waals surface area contributed by atoms with E-state index in [1.54, 1.807) is 13.8 Å². The maximum Gasteiger partial charge on any atom is 0 e. The van der Waals surface area contributed by atoms with Gasteiger partial charge in [0.2, 0.25) is 0 Å². The van der Waals surface area contributed by atoms with Crippen molar-refractivity contribution in [2.45, 2.75) is 27.2 Å². The molecule has 0 radical (unpaired) electrons. The van der Waals surface area contributed by atoms with Crippen LogP contribution in [0.1, 0.15) is 27.2 Å². The summed E-state index contributed by atoms with van der Waals surface area (Å²) in [5, 5.41) is 0. The van der Waals surface area contributed by atoms with Crippen LogP contribution in [-0.4, -0.2) is 0 Å². The fourth-order valence-corrected chi connectivity index (χ4v) is 0.496. The molecular weight excluding hydrogens is 315 g/mol. The summed E-state index contributed by atoms with van der Waals surface area (Å²) < 4.78 is 0. The van der Waals surface area contributed by atoms with E-state index >= 15 is 0 Å². The quantitative estimate of drug-likeness (QED) is 0.472. The average molecular weight is 332 g/mol. The second kappa shape index (κ2) is 16.7. The van der Waals surface area contributed by atoms with Gasteiger partial charge in [-0.3, -0.25) is 0 Å². The smallest absolute Gasteiger partial charge is 0 e. The van der Waals surface area contributed by atoms with E-state index in [1.807, 2.05) is 6.08 Å². The second-order valence-electron chi connectivity index (χ2n) is 1.63. The Balaban J connectivity index is -0.000000114. The zero-order chi connectivity index (χ0) is 8.41. The summed E-state index contributed by atoms with van der Waals surface area (Å²) >= 11 is 0.